The number of rotatable bonds is 7. The Balaban J connectivity index is 1.90. The molecule has 1 aliphatic rings. The second-order valence-electron chi connectivity index (χ2n) is 5.58. The van der Waals surface area contributed by atoms with Crippen molar-refractivity contribution in [1.29, 1.82) is 0 Å². The van der Waals surface area contributed by atoms with Gasteiger partial charge in [0, 0.05) is 25.1 Å². The lowest BCUT2D eigenvalue weighted by Gasteiger charge is -2.23. The van der Waals surface area contributed by atoms with E-state index in [9.17, 15) is 26.4 Å². The van der Waals surface area contributed by atoms with Crippen molar-refractivity contribution in [3.8, 4) is 5.88 Å². The van der Waals surface area contributed by atoms with Crippen LogP contribution in [0.4, 0.5) is 13.2 Å². The molecule has 0 spiro atoms. The van der Waals surface area contributed by atoms with Crippen molar-refractivity contribution in [2.45, 2.75) is 44.4 Å². The number of allylic oxidation sites excluding steroid dienone is 2. The van der Waals surface area contributed by atoms with Crippen molar-refractivity contribution in [3.05, 3.63) is 30.2 Å². The predicted octanol–water partition coefficient (Wildman–Crippen LogP) is 2.68. The van der Waals surface area contributed by atoms with Gasteiger partial charge in [0.25, 0.3) is 0 Å². The zero-order valence-corrected chi connectivity index (χ0v) is 15.0. The molecule has 0 amide bonds. The van der Waals surface area contributed by atoms with Gasteiger partial charge in [0.15, 0.2) is 0 Å². The van der Waals surface area contributed by atoms with Crippen molar-refractivity contribution < 1.29 is 40.0 Å². The predicted molar refractivity (Wildman–Crippen MR) is 84.3 cm³/mol. The summed E-state index contributed by atoms with van der Waals surface area (Å²) in [5.74, 6) is -1.43. The standard InChI is InChI=1S/C15H17F3N2O6S/c1-2-13(24-12-4-3-9-19-20-12)25-14(21)10-5-7-11(8-6-10)26-27(22,23)15(16,17)18/h3-4,7,9-10,13H,2,5-6,8H2,1H3. The quantitative estimate of drug-likeness (QED) is 0.292. The molecule has 150 valence electrons. The van der Waals surface area contributed by atoms with Gasteiger partial charge in [-0.1, -0.05) is 6.92 Å². The molecular formula is C15H17F3N2O6S. The maximum Gasteiger partial charge on any atom is 0.534 e. The van der Waals surface area contributed by atoms with Gasteiger partial charge in [-0.15, -0.1) is 5.10 Å². The molecule has 0 bridgehead atoms. The minimum atomic E-state index is -5.71. The maximum absolute atomic E-state index is 12.3. The molecule has 1 heterocycles. The van der Waals surface area contributed by atoms with Crippen LogP contribution in [0.5, 0.6) is 5.88 Å². The van der Waals surface area contributed by atoms with E-state index in [1.807, 2.05) is 0 Å². The number of ether oxygens (including phenoxy) is 2. The molecule has 12 heteroatoms. The molecule has 8 nitrogen and oxygen atoms in total. The molecule has 2 atom stereocenters. The summed E-state index contributed by atoms with van der Waals surface area (Å²) in [6.07, 6.45) is 1.96. The highest BCUT2D eigenvalue weighted by atomic mass is 32.2. The van der Waals surface area contributed by atoms with Gasteiger partial charge in [0.1, 0.15) is 5.76 Å². The van der Waals surface area contributed by atoms with Crippen LogP contribution in [-0.2, 0) is 23.8 Å². The molecule has 2 rings (SSSR count). The Labute approximate surface area is 153 Å². The summed E-state index contributed by atoms with van der Waals surface area (Å²) in [5.41, 5.74) is -5.50. The van der Waals surface area contributed by atoms with Gasteiger partial charge in [0.05, 0.1) is 5.92 Å². The van der Waals surface area contributed by atoms with Crippen molar-refractivity contribution in [1.82, 2.24) is 10.2 Å². The van der Waals surface area contributed by atoms with E-state index in [4.69, 9.17) is 9.47 Å². The zero-order valence-electron chi connectivity index (χ0n) is 14.2. The summed E-state index contributed by atoms with van der Waals surface area (Å²) < 4.78 is 73.6. The minimum Gasteiger partial charge on any atom is -0.436 e. The van der Waals surface area contributed by atoms with E-state index in [0.717, 1.165) is 6.08 Å². The molecule has 0 saturated carbocycles. The highest BCUT2D eigenvalue weighted by Crippen LogP contribution is 2.31. The van der Waals surface area contributed by atoms with E-state index in [1.54, 1.807) is 13.0 Å². The average molecular weight is 410 g/mol. The third-order valence-electron chi connectivity index (χ3n) is 3.58. The number of esters is 1. The van der Waals surface area contributed by atoms with Crippen molar-refractivity contribution in [2.75, 3.05) is 0 Å². The lowest BCUT2D eigenvalue weighted by Crippen LogP contribution is -2.30. The number of carbonyl (C=O) groups excluding carboxylic acids is 1. The molecule has 1 aromatic heterocycles. The Kier molecular flexibility index (Phi) is 6.63. The van der Waals surface area contributed by atoms with E-state index in [0.29, 0.717) is 6.42 Å². The fourth-order valence-electron chi connectivity index (χ4n) is 2.19. The van der Waals surface area contributed by atoms with Crippen molar-refractivity contribution >= 4 is 16.1 Å². The summed E-state index contributed by atoms with van der Waals surface area (Å²) in [6.45, 7) is 1.73. The monoisotopic (exact) mass is 410 g/mol. The maximum atomic E-state index is 12.3. The van der Waals surface area contributed by atoms with Gasteiger partial charge < -0.3 is 13.7 Å². The van der Waals surface area contributed by atoms with Crippen LogP contribution >= 0.6 is 0 Å². The first-order valence-corrected chi connectivity index (χ1v) is 9.38. The van der Waals surface area contributed by atoms with E-state index >= 15 is 0 Å². The normalized spacial score (nSPS) is 19.0. The number of carbonyl (C=O) groups is 1. The molecule has 27 heavy (non-hydrogen) atoms. The number of aromatic nitrogens is 2. The molecule has 0 aliphatic heterocycles. The number of hydrogen-bond donors (Lipinski definition) is 0. The molecule has 1 aliphatic carbocycles. The Bertz CT molecular complexity index is 782. The van der Waals surface area contributed by atoms with Gasteiger partial charge in [0.2, 0.25) is 12.2 Å². The van der Waals surface area contributed by atoms with Gasteiger partial charge in [-0.05, 0) is 25.0 Å². The Morgan fingerprint density at radius 2 is 2.15 bits per heavy atom. The van der Waals surface area contributed by atoms with Gasteiger partial charge in [-0.3, -0.25) is 4.79 Å². The van der Waals surface area contributed by atoms with Crippen molar-refractivity contribution in [2.24, 2.45) is 5.92 Å². The SMILES string of the molecule is CCC(OC(=O)C1CC=C(OS(=O)(=O)C(F)(F)F)CC1)Oc1cccnn1. The van der Waals surface area contributed by atoms with Crippen LogP contribution < -0.4 is 4.74 Å². The smallest absolute Gasteiger partial charge is 0.436 e. The first kappa shape index (κ1) is 20.9. The van der Waals surface area contributed by atoms with Crippen LogP contribution in [0.25, 0.3) is 0 Å². The Morgan fingerprint density at radius 3 is 2.67 bits per heavy atom. The summed E-state index contributed by atoms with van der Waals surface area (Å²) >= 11 is 0. The highest BCUT2D eigenvalue weighted by molar-refractivity contribution is 7.87. The fraction of sp³-hybridized carbons (Fsp3) is 0.533. The summed E-state index contributed by atoms with van der Waals surface area (Å²) in [4.78, 5) is 12.2. The first-order chi connectivity index (χ1) is 12.6. The first-order valence-electron chi connectivity index (χ1n) is 7.97. The molecule has 2 unspecified atom stereocenters. The lowest BCUT2D eigenvalue weighted by atomic mass is 9.93. The Morgan fingerprint density at radius 1 is 1.41 bits per heavy atom. The number of nitrogens with zero attached hydrogens (tertiary/aromatic N) is 2. The second-order valence-corrected chi connectivity index (χ2v) is 7.12. The minimum absolute atomic E-state index is 0.0108. The Hall–Kier alpha value is -2.37. The van der Waals surface area contributed by atoms with E-state index < -0.39 is 33.8 Å². The van der Waals surface area contributed by atoms with Crippen LogP contribution in [0.1, 0.15) is 32.6 Å². The molecule has 0 fully saturated rings. The summed E-state index contributed by atoms with van der Waals surface area (Å²) in [6, 6.07) is 3.14. The fourth-order valence-corrected chi connectivity index (χ4v) is 2.72. The number of halogens is 3. The van der Waals surface area contributed by atoms with E-state index in [1.165, 1.54) is 12.3 Å². The third-order valence-corrected chi connectivity index (χ3v) is 4.58. The molecule has 0 saturated heterocycles. The largest absolute Gasteiger partial charge is 0.534 e. The third kappa shape index (κ3) is 5.81. The van der Waals surface area contributed by atoms with E-state index in [2.05, 4.69) is 14.4 Å². The molecule has 0 radical (unpaired) electrons. The van der Waals surface area contributed by atoms with Crippen LogP contribution in [-0.4, -0.2) is 36.4 Å². The van der Waals surface area contributed by atoms with E-state index in [-0.39, 0.29) is 30.9 Å². The van der Waals surface area contributed by atoms with Crippen LogP contribution in [0, 0.1) is 5.92 Å². The molecule has 1 aromatic rings. The zero-order chi connectivity index (χ0) is 20.1. The summed E-state index contributed by atoms with van der Waals surface area (Å²) in [5, 5.41) is 7.34. The van der Waals surface area contributed by atoms with Crippen LogP contribution in [0.2, 0.25) is 0 Å². The topological polar surface area (TPSA) is 105 Å². The molecule has 0 aromatic carbocycles. The second kappa shape index (κ2) is 8.55. The number of hydrogen-bond acceptors (Lipinski definition) is 8. The lowest BCUT2D eigenvalue weighted by molar-refractivity contribution is -0.169. The number of alkyl halides is 3. The summed E-state index contributed by atoms with van der Waals surface area (Å²) in [7, 11) is -5.71. The van der Waals surface area contributed by atoms with Crippen LogP contribution in [0.3, 0.4) is 0 Å². The highest BCUT2D eigenvalue weighted by Gasteiger charge is 2.49. The van der Waals surface area contributed by atoms with Gasteiger partial charge in [-0.25, -0.2) is 0 Å². The molecule has 0 N–H and O–H groups in total. The average Bonchev–Trinajstić information content (AvgIpc) is 2.61. The van der Waals surface area contributed by atoms with Crippen molar-refractivity contribution in [3.63, 3.8) is 0 Å². The molecular weight excluding hydrogens is 393 g/mol. The van der Waals surface area contributed by atoms with Crippen LogP contribution in [0.15, 0.2) is 30.2 Å². The van der Waals surface area contributed by atoms with Gasteiger partial charge in [-0.2, -0.15) is 26.7 Å². The van der Waals surface area contributed by atoms with Gasteiger partial charge >= 0.3 is 21.6 Å².